The summed E-state index contributed by atoms with van der Waals surface area (Å²) in [5.74, 6) is 0. The van der Waals surface area contributed by atoms with Crippen LogP contribution in [0.1, 0.15) is 16.7 Å². The van der Waals surface area contributed by atoms with Crippen molar-refractivity contribution >= 4 is 17.4 Å². The van der Waals surface area contributed by atoms with E-state index in [2.05, 4.69) is 16.3 Å². The first-order valence-corrected chi connectivity index (χ1v) is 9.07. The van der Waals surface area contributed by atoms with Crippen molar-refractivity contribution in [2.24, 2.45) is 0 Å². The first kappa shape index (κ1) is 18.1. The summed E-state index contributed by atoms with van der Waals surface area (Å²) in [6.07, 6.45) is -4.33. The van der Waals surface area contributed by atoms with Gasteiger partial charge in [0, 0.05) is 36.0 Å². The maximum atomic E-state index is 13.2. The molecule has 0 amide bonds. The average Bonchev–Trinajstić information content (AvgIpc) is 2.54. The van der Waals surface area contributed by atoms with Gasteiger partial charge in [-0.25, -0.2) is 0 Å². The number of piperazine rings is 1. The molecule has 0 unspecified atom stereocenters. The molecule has 1 aliphatic heterocycles. The van der Waals surface area contributed by atoms with Crippen LogP contribution in [0.15, 0.2) is 46.2 Å². The number of aryl methyl sites for hydroxylation is 2. The van der Waals surface area contributed by atoms with Crippen LogP contribution in [0.25, 0.3) is 0 Å². The van der Waals surface area contributed by atoms with Crippen LogP contribution in [0.3, 0.4) is 0 Å². The van der Waals surface area contributed by atoms with Crippen LogP contribution < -0.4 is 10.2 Å². The summed E-state index contributed by atoms with van der Waals surface area (Å²) in [6, 6.07) is 10.2. The second-order valence-corrected chi connectivity index (χ2v) is 7.46. The third kappa shape index (κ3) is 4.50. The van der Waals surface area contributed by atoms with Gasteiger partial charge < -0.3 is 10.2 Å². The highest BCUT2D eigenvalue weighted by atomic mass is 32.2. The molecule has 2 aromatic rings. The lowest BCUT2D eigenvalue weighted by Crippen LogP contribution is -2.43. The summed E-state index contributed by atoms with van der Waals surface area (Å²) in [5, 5.41) is 3.28. The smallest absolute Gasteiger partial charge is 0.368 e. The van der Waals surface area contributed by atoms with Gasteiger partial charge in [-0.2, -0.15) is 13.2 Å². The van der Waals surface area contributed by atoms with Crippen LogP contribution in [-0.4, -0.2) is 26.2 Å². The van der Waals surface area contributed by atoms with Crippen molar-refractivity contribution in [2.45, 2.75) is 29.8 Å². The van der Waals surface area contributed by atoms with E-state index in [4.69, 9.17) is 0 Å². The quantitative estimate of drug-likeness (QED) is 0.833. The first-order chi connectivity index (χ1) is 11.8. The minimum absolute atomic E-state index is 0.599. The van der Waals surface area contributed by atoms with Crippen LogP contribution in [0.5, 0.6) is 0 Å². The standard InChI is InChI=1S/C19H21F3N2S/c1-13-9-14(2)11-16(10-13)25-18-12-15(19(20,21)22)3-4-17(18)24-7-5-23-6-8-24/h3-4,9-12,23H,5-8H2,1-2H3. The Kier molecular flexibility index (Phi) is 5.29. The number of rotatable bonds is 3. The lowest BCUT2D eigenvalue weighted by Gasteiger charge is -2.31. The lowest BCUT2D eigenvalue weighted by atomic mass is 10.1. The van der Waals surface area contributed by atoms with Gasteiger partial charge in [-0.3, -0.25) is 0 Å². The summed E-state index contributed by atoms with van der Waals surface area (Å²) in [5.41, 5.74) is 2.49. The van der Waals surface area contributed by atoms with Crippen molar-refractivity contribution in [3.8, 4) is 0 Å². The lowest BCUT2D eigenvalue weighted by molar-refractivity contribution is -0.137. The zero-order chi connectivity index (χ0) is 18.0. The monoisotopic (exact) mass is 366 g/mol. The molecule has 0 aromatic heterocycles. The van der Waals surface area contributed by atoms with Crippen LogP contribution in [0.2, 0.25) is 0 Å². The van der Waals surface area contributed by atoms with E-state index in [9.17, 15) is 13.2 Å². The molecule has 3 rings (SSSR count). The highest BCUT2D eigenvalue weighted by Crippen LogP contribution is 2.40. The zero-order valence-corrected chi connectivity index (χ0v) is 15.1. The second-order valence-electron chi connectivity index (χ2n) is 6.34. The van der Waals surface area contributed by atoms with Crippen molar-refractivity contribution in [3.05, 3.63) is 53.1 Å². The van der Waals surface area contributed by atoms with Gasteiger partial charge in [-0.15, -0.1) is 0 Å². The van der Waals surface area contributed by atoms with Crippen molar-refractivity contribution < 1.29 is 13.2 Å². The minimum atomic E-state index is -4.33. The maximum absolute atomic E-state index is 13.2. The Morgan fingerprint density at radius 2 is 1.60 bits per heavy atom. The number of hydrogen-bond donors (Lipinski definition) is 1. The molecule has 134 valence electrons. The molecule has 2 nitrogen and oxygen atoms in total. The molecule has 0 atom stereocenters. The van der Waals surface area contributed by atoms with Crippen LogP contribution in [0.4, 0.5) is 18.9 Å². The fourth-order valence-electron chi connectivity index (χ4n) is 3.06. The van der Waals surface area contributed by atoms with E-state index in [0.29, 0.717) is 4.90 Å². The average molecular weight is 366 g/mol. The SMILES string of the molecule is Cc1cc(C)cc(Sc2cc(C(F)(F)F)ccc2N2CCNCC2)c1. The molecule has 0 spiro atoms. The van der Waals surface area contributed by atoms with E-state index in [1.54, 1.807) is 6.07 Å². The van der Waals surface area contributed by atoms with Crippen LogP contribution in [-0.2, 0) is 6.18 Å². The molecule has 0 saturated carbocycles. The zero-order valence-electron chi connectivity index (χ0n) is 14.3. The molecule has 2 aromatic carbocycles. The minimum Gasteiger partial charge on any atom is -0.368 e. The molecular weight excluding hydrogens is 345 g/mol. The van der Waals surface area contributed by atoms with Crippen molar-refractivity contribution in [2.75, 3.05) is 31.1 Å². The number of halogens is 3. The van der Waals surface area contributed by atoms with Gasteiger partial charge in [0.15, 0.2) is 0 Å². The van der Waals surface area contributed by atoms with Gasteiger partial charge in [0.1, 0.15) is 0 Å². The van der Waals surface area contributed by atoms with Crippen LogP contribution in [0, 0.1) is 13.8 Å². The molecule has 1 saturated heterocycles. The van der Waals surface area contributed by atoms with Gasteiger partial charge in [0.25, 0.3) is 0 Å². The third-order valence-electron chi connectivity index (χ3n) is 4.17. The first-order valence-electron chi connectivity index (χ1n) is 8.26. The third-order valence-corrected chi connectivity index (χ3v) is 5.19. The number of nitrogens with zero attached hydrogens (tertiary/aromatic N) is 1. The maximum Gasteiger partial charge on any atom is 0.416 e. The fraction of sp³-hybridized carbons (Fsp3) is 0.368. The Balaban J connectivity index is 2.00. The van der Waals surface area contributed by atoms with E-state index in [0.717, 1.165) is 47.9 Å². The van der Waals surface area contributed by atoms with Gasteiger partial charge in [0.2, 0.25) is 0 Å². The van der Waals surface area contributed by atoms with E-state index in [1.807, 2.05) is 26.0 Å². The fourth-order valence-corrected chi connectivity index (χ4v) is 4.29. The Bertz CT molecular complexity index is 733. The Labute approximate surface area is 150 Å². The largest absolute Gasteiger partial charge is 0.416 e. The Morgan fingerprint density at radius 3 is 2.20 bits per heavy atom. The van der Waals surface area contributed by atoms with Crippen LogP contribution >= 0.6 is 11.8 Å². The number of benzene rings is 2. The highest BCUT2D eigenvalue weighted by molar-refractivity contribution is 7.99. The molecule has 0 aliphatic carbocycles. The Morgan fingerprint density at radius 1 is 0.960 bits per heavy atom. The summed E-state index contributed by atoms with van der Waals surface area (Å²) >= 11 is 1.40. The molecule has 0 radical (unpaired) electrons. The molecule has 0 bridgehead atoms. The van der Waals surface area contributed by atoms with Crippen molar-refractivity contribution in [3.63, 3.8) is 0 Å². The molecule has 6 heteroatoms. The number of hydrogen-bond acceptors (Lipinski definition) is 3. The normalized spacial score (nSPS) is 15.5. The second kappa shape index (κ2) is 7.30. The van der Waals surface area contributed by atoms with E-state index >= 15 is 0 Å². The van der Waals surface area contributed by atoms with Gasteiger partial charge >= 0.3 is 6.18 Å². The van der Waals surface area contributed by atoms with Gasteiger partial charge in [0.05, 0.1) is 11.3 Å². The summed E-state index contributed by atoms with van der Waals surface area (Å²) < 4.78 is 39.5. The molecular formula is C19H21F3N2S. The summed E-state index contributed by atoms with van der Waals surface area (Å²) in [6.45, 7) is 7.28. The predicted molar refractivity (Wildman–Crippen MR) is 96.6 cm³/mol. The van der Waals surface area contributed by atoms with Gasteiger partial charge in [-0.1, -0.05) is 17.8 Å². The molecule has 1 aliphatic rings. The van der Waals surface area contributed by atoms with E-state index in [1.165, 1.54) is 23.9 Å². The molecule has 1 N–H and O–H groups in total. The molecule has 25 heavy (non-hydrogen) atoms. The Hall–Kier alpha value is -1.66. The van der Waals surface area contributed by atoms with E-state index in [-0.39, 0.29) is 0 Å². The summed E-state index contributed by atoms with van der Waals surface area (Å²) in [7, 11) is 0. The van der Waals surface area contributed by atoms with Crippen molar-refractivity contribution in [1.29, 1.82) is 0 Å². The number of nitrogens with one attached hydrogen (secondary N) is 1. The predicted octanol–water partition coefficient (Wildman–Crippen LogP) is 4.88. The highest BCUT2D eigenvalue weighted by Gasteiger charge is 2.31. The van der Waals surface area contributed by atoms with E-state index < -0.39 is 11.7 Å². The van der Waals surface area contributed by atoms with Gasteiger partial charge in [-0.05, 0) is 55.3 Å². The topological polar surface area (TPSA) is 15.3 Å². The van der Waals surface area contributed by atoms with Crippen molar-refractivity contribution in [1.82, 2.24) is 5.32 Å². The summed E-state index contributed by atoms with van der Waals surface area (Å²) in [4.78, 5) is 3.77. The molecule has 1 heterocycles. The number of anilines is 1. The molecule has 1 fully saturated rings. The number of alkyl halides is 3.